The quantitative estimate of drug-likeness (QED) is 0.759. The molecule has 0 spiro atoms. The third kappa shape index (κ3) is 2.79. The summed E-state index contributed by atoms with van der Waals surface area (Å²) in [6.07, 6.45) is 1.07. The first-order valence-electron chi connectivity index (χ1n) is 4.70. The van der Waals surface area contributed by atoms with E-state index in [1.165, 1.54) is 4.88 Å². The van der Waals surface area contributed by atoms with E-state index in [9.17, 15) is 0 Å². The van der Waals surface area contributed by atoms with Gasteiger partial charge in [0, 0.05) is 10.9 Å². The van der Waals surface area contributed by atoms with Gasteiger partial charge in [-0.05, 0) is 37.4 Å². The van der Waals surface area contributed by atoms with Crippen molar-refractivity contribution < 1.29 is 0 Å². The summed E-state index contributed by atoms with van der Waals surface area (Å²) in [5.74, 6) is 0.605. The summed E-state index contributed by atoms with van der Waals surface area (Å²) in [6.45, 7) is 3.01. The predicted molar refractivity (Wildman–Crippen MR) is 59.0 cm³/mol. The van der Waals surface area contributed by atoms with Crippen molar-refractivity contribution in [3.63, 3.8) is 0 Å². The summed E-state index contributed by atoms with van der Waals surface area (Å²) >= 11 is 1.81. The van der Waals surface area contributed by atoms with Gasteiger partial charge in [0.15, 0.2) is 0 Å². The maximum Gasteiger partial charge on any atom is 0.0438 e. The van der Waals surface area contributed by atoms with Crippen molar-refractivity contribution >= 4 is 11.3 Å². The van der Waals surface area contributed by atoms with Gasteiger partial charge in [-0.2, -0.15) is 0 Å². The molecule has 2 unspecified atom stereocenters. The maximum absolute atomic E-state index is 5.55. The van der Waals surface area contributed by atoms with Gasteiger partial charge in [0.25, 0.3) is 0 Å². The molecule has 1 aromatic heterocycles. The van der Waals surface area contributed by atoms with Crippen LogP contribution in [-0.4, -0.2) is 13.6 Å². The second kappa shape index (κ2) is 5.37. The second-order valence-corrected chi connectivity index (χ2v) is 4.32. The molecule has 2 atom stereocenters. The average molecular weight is 198 g/mol. The Morgan fingerprint density at radius 1 is 1.62 bits per heavy atom. The Labute approximate surface area is 84.2 Å². The number of hydrogen-bond acceptors (Lipinski definition) is 3. The SMILES string of the molecule is CNC(c1cccs1)C(C)CCN. The summed E-state index contributed by atoms with van der Waals surface area (Å²) in [5.41, 5.74) is 5.55. The summed E-state index contributed by atoms with van der Waals surface area (Å²) in [5, 5.41) is 5.46. The fraction of sp³-hybridized carbons (Fsp3) is 0.600. The van der Waals surface area contributed by atoms with Crippen LogP contribution in [0.1, 0.15) is 24.3 Å². The van der Waals surface area contributed by atoms with E-state index in [1.807, 2.05) is 7.05 Å². The summed E-state index contributed by atoms with van der Waals surface area (Å²) < 4.78 is 0. The normalized spacial score (nSPS) is 15.6. The van der Waals surface area contributed by atoms with Crippen molar-refractivity contribution in [3.8, 4) is 0 Å². The zero-order valence-corrected chi connectivity index (χ0v) is 9.10. The fourth-order valence-electron chi connectivity index (χ4n) is 1.60. The van der Waals surface area contributed by atoms with Crippen molar-refractivity contribution in [1.29, 1.82) is 0 Å². The zero-order valence-electron chi connectivity index (χ0n) is 8.29. The minimum atomic E-state index is 0.462. The van der Waals surface area contributed by atoms with Gasteiger partial charge < -0.3 is 11.1 Å². The second-order valence-electron chi connectivity index (χ2n) is 3.34. The Balaban J connectivity index is 2.62. The van der Waals surface area contributed by atoms with Crippen molar-refractivity contribution in [2.75, 3.05) is 13.6 Å². The van der Waals surface area contributed by atoms with Crippen LogP contribution in [0.15, 0.2) is 17.5 Å². The molecule has 1 aromatic rings. The number of nitrogens with one attached hydrogen (secondary N) is 1. The van der Waals surface area contributed by atoms with E-state index in [0.717, 1.165) is 13.0 Å². The van der Waals surface area contributed by atoms with Crippen molar-refractivity contribution in [2.24, 2.45) is 11.7 Å². The van der Waals surface area contributed by atoms with Crippen LogP contribution >= 0.6 is 11.3 Å². The molecule has 0 aliphatic heterocycles. The van der Waals surface area contributed by atoms with Crippen LogP contribution in [-0.2, 0) is 0 Å². The Kier molecular flexibility index (Phi) is 4.42. The highest BCUT2D eigenvalue weighted by Crippen LogP contribution is 2.27. The molecular formula is C10H18N2S. The summed E-state index contributed by atoms with van der Waals surface area (Å²) in [4.78, 5) is 1.41. The van der Waals surface area contributed by atoms with Gasteiger partial charge in [0.05, 0.1) is 0 Å². The van der Waals surface area contributed by atoms with Crippen LogP contribution in [0.2, 0.25) is 0 Å². The van der Waals surface area contributed by atoms with Gasteiger partial charge in [-0.25, -0.2) is 0 Å². The zero-order chi connectivity index (χ0) is 9.68. The van der Waals surface area contributed by atoms with Crippen LogP contribution in [0.3, 0.4) is 0 Å². The van der Waals surface area contributed by atoms with Gasteiger partial charge in [-0.15, -0.1) is 11.3 Å². The van der Waals surface area contributed by atoms with E-state index in [4.69, 9.17) is 5.73 Å². The molecule has 0 saturated carbocycles. The van der Waals surface area contributed by atoms with E-state index >= 15 is 0 Å². The molecule has 3 N–H and O–H groups in total. The molecule has 3 heteroatoms. The lowest BCUT2D eigenvalue weighted by Crippen LogP contribution is -2.24. The van der Waals surface area contributed by atoms with Gasteiger partial charge in [0.1, 0.15) is 0 Å². The molecule has 13 heavy (non-hydrogen) atoms. The molecule has 0 saturated heterocycles. The molecule has 1 rings (SSSR count). The number of nitrogens with two attached hydrogens (primary N) is 1. The van der Waals surface area contributed by atoms with Crippen LogP contribution < -0.4 is 11.1 Å². The molecule has 0 amide bonds. The Bertz CT molecular complexity index is 221. The van der Waals surface area contributed by atoms with E-state index in [1.54, 1.807) is 11.3 Å². The lowest BCUT2D eigenvalue weighted by atomic mass is 9.97. The van der Waals surface area contributed by atoms with Crippen LogP contribution in [0, 0.1) is 5.92 Å². The van der Waals surface area contributed by atoms with Crippen LogP contribution in [0.25, 0.3) is 0 Å². The van der Waals surface area contributed by atoms with Crippen molar-refractivity contribution in [1.82, 2.24) is 5.32 Å². The van der Waals surface area contributed by atoms with Crippen LogP contribution in [0.5, 0.6) is 0 Å². The Hall–Kier alpha value is -0.380. The number of hydrogen-bond donors (Lipinski definition) is 2. The fourth-order valence-corrected chi connectivity index (χ4v) is 2.57. The van der Waals surface area contributed by atoms with E-state index < -0.39 is 0 Å². The minimum absolute atomic E-state index is 0.462. The van der Waals surface area contributed by atoms with E-state index in [0.29, 0.717) is 12.0 Å². The monoisotopic (exact) mass is 198 g/mol. The molecule has 74 valence electrons. The van der Waals surface area contributed by atoms with Crippen LogP contribution in [0.4, 0.5) is 0 Å². The molecule has 0 aliphatic carbocycles. The molecule has 2 nitrogen and oxygen atoms in total. The molecular weight excluding hydrogens is 180 g/mol. The number of rotatable bonds is 5. The van der Waals surface area contributed by atoms with E-state index in [-0.39, 0.29) is 0 Å². The first kappa shape index (κ1) is 10.7. The number of thiophene rings is 1. The third-order valence-electron chi connectivity index (χ3n) is 2.35. The predicted octanol–water partition coefficient (Wildman–Crippen LogP) is 1.99. The highest BCUT2D eigenvalue weighted by molar-refractivity contribution is 7.10. The first-order chi connectivity index (χ1) is 6.29. The largest absolute Gasteiger partial charge is 0.330 e. The Morgan fingerprint density at radius 2 is 2.38 bits per heavy atom. The van der Waals surface area contributed by atoms with Crippen molar-refractivity contribution in [2.45, 2.75) is 19.4 Å². The summed E-state index contributed by atoms with van der Waals surface area (Å²) in [6, 6.07) is 4.74. The molecule has 0 bridgehead atoms. The molecule has 0 radical (unpaired) electrons. The lowest BCUT2D eigenvalue weighted by Gasteiger charge is -2.21. The van der Waals surface area contributed by atoms with Gasteiger partial charge in [-0.3, -0.25) is 0 Å². The van der Waals surface area contributed by atoms with E-state index in [2.05, 4.69) is 29.8 Å². The third-order valence-corrected chi connectivity index (χ3v) is 3.31. The maximum atomic E-state index is 5.55. The van der Waals surface area contributed by atoms with Gasteiger partial charge in [0.2, 0.25) is 0 Å². The minimum Gasteiger partial charge on any atom is -0.330 e. The Morgan fingerprint density at radius 3 is 2.85 bits per heavy atom. The standard InChI is InChI=1S/C10H18N2S/c1-8(5-6-11)10(12-2)9-4-3-7-13-9/h3-4,7-8,10,12H,5-6,11H2,1-2H3. The smallest absolute Gasteiger partial charge is 0.0438 e. The topological polar surface area (TPSA) is 38.0 Å². The molecule has 0 aromatic carbocycles. The summed E-state index contributed by atoms with van der Waals surface area (Å²) in [7, 11) is 2.01. The van der Waals surface area contributed by atoms with Gasteiger partial charge >= 0.3 is 0 Å². The molecule has 0 aliphatic rings. The highest BCUT2D eigenvalue weighted by Gasteiger charge is 2.17. The lowest BCUT2D eigenvalue weighted by molar-refractivity contribution is 0.397. The molecule has 1 heterocycles. The highest BCUT2D eigenvalue weighted by atomic mass is 32.1. The first-order valence-corrected chi connectivity index (χ1v) is 5.58. The molecule has 0 fully saturated rings. The average Bonchev–Trinajstić information content (AvgIpc) is 2.59. The van der Waals surface area contributed by atoms with Gasteiger partial charge in [-0.1, -0.05) is 13.0 Å². The van der Waals surface area contributed by atoms with Crippen molar-refractivity contribution in [3.05, 3.63) is 22.4 Å².